The maximum atomic E-state index is 6.01. The van der Waals surface area contributed by atoms with Crippen LogP contribution in [0.4, 0.5) is 0 Å². The standard InChI is InChI=1S/C11H17ClN2/c1-3-11(13)8(2)6-9-4-5-14-7-10(9)12/h4-5,7-8,11H,3,6,13H2,1-2H3. The van der Waals surface area contributed by atoms with Crippen LogP contribution in [-0.2, 0) is 6.42 Å². The van der Waals surface area contributed by atoms with Crippen molar-refractivity contribution in [1.29, 1.82) is 0 Å². The number of nitrogens with two attached hydrogens (primary N) is 1. The van der Waals surface area contributed by atoms with Gasteiger partial charge < -0.3 is 5.73 Å². The van der Waals surface area contributed by atoms with Crippen LogP contribution in [0.1, 0.15) is 25.8 Å². The minimum absolute atomic E-state index is 0.249. The van der Waals surface area contributed by atoms with Crippen molar-refractivity contribution in [2.24, 2.45) is 11.7 Å². The Bertz CT molecular complexity index is 288. The molecule has 0 aliphatic carbocycles. The first kappa shape index (κ1) is 11.5. The Labute approximate surface area is 90.5 Å². The van der Waals surface area contributed by atoms with Crippen molar-refractivity contribution in [3.63, 3.8) is 0 Å². The van der Waals surface area contributed by atoms with E-state index in [-0.39, 0.29) is 6.04 Å². The molecule has 0 amide bonds. The molecule has 0 fully saturated rings. The minimum Gasteiger partial charge on any atom is -0.327 e. The third-order valence-electron chi connectivity index (χ3n) is 2.60. The molecule has 0 bridgehead atoms. The highest BCUT2D eigenvalue weighted by Gasteiger charge is 2.12. The predicted molar refractivity (Wildman–Crippen MR) is 60.4 cm³/mol. The topological polar surface area (TPSA) is 38.9 Å². The molecule has 78 valence electrons. The number of rotatable bonds is 4. The number of nitrogens with zero attached hydrogens (tertiary/aromatic N) is 1. The lowest BCUT2D eigenvalue weighted by molar-refractivity contribution is 0.442. The summed E-state index contributed by atoms with van der Waals surface area (Å²) < 4.78 is 0. The lowest BCUT2D eigenvalue weighted by Gasteiger charge is -2.18. The molecular formula is C11H17ClN2. The van der Waals surface area contributed by atoms with E-state index in [1.807, 2.05) is 6.07 Å². The minimum atomic E-state index is 0.249. The molecule has 0 saturated carbocycles. The first-order valence-electron chi connectivity index (χ1n) is 4.99. The van der Waals surface area contributed by atoms with Gasteiger partial charge in [0.25, 0.3) is 0 Å². The molecule has 0 radical (unpaired) electrons. The van der Waals surface area contributed by atoms with Gasteiger partial charge in [-0.25, -0.2) is 0 Å². The molecule has 2 nitrogen and oxygen atoms in total. The summed E-state index contributed by atoms with van der Waals surface area (Å²) in [5.74, 6) is 0.458. The van der Waals surface area contributed by atoms with Crippen LogP contribution in [0.25, 0.3) is 0 Å². The zero-order chi connectivity index (χ0) is 10.6. The van der Waals surface area contributed by atoms with Gasteiger partial charge in [0, 0.05) is 18.4 Å². The molecular weight excluding hydrogens is 196 g/mol. The second kappa shape index (κ2) is 5.32. The van der Waals surface area contributed by atoms with Crippen molar-refractivity contribution in [3.05, 3.63) is 29.0 Å². The van der Waals surface area contributed by atoms with Crippen LogP contribution in [0.2, 0.25) is 5.02 Å². The quantitative estimate of drug-likeness (QED) is 0.834. The number of hydrogen-bond acceptors (Lipinski definition) is 2. The molecule has 3 heteroatoms. The summed E-state index contributed by atoms with van der Waals surface area (Å²) in [5.41, 5.74) is 7.09. The van der Waals surface area contributed by atoms with Crippen LogP contribution in [0, 0.1) is 5.92 Å². The van der Waals surface area contributed by atoms with E-state index in [4.69, 9.17) is 17.3 Å². The second-order valence-corrected chi connectivity index (χ2v) is 4.13. The third-order valence-corrected chi connectivity index (χ3v) is 2.94. The molecule has 2 atom stereocenters. The van der Waals surface area contributed by atoms with Gasteiger partial charge in [-0.05, 0) is 30.4 Å². The number of pyridine rings is 1. The Morgan fingerprint density at radius 3 is 2.86 bits per heavy atom. The van der Waals surface area contributed by atoms with Gasteiger partial charge in [0.05, 0.1) is 5.02 Å². The molecule has 1 aromatic rings. The molecule has 0 aliphatic heterocycles. The molecule has 2 N–H and O–H groups in total. The van der Waals surface area contributed by atoms with Crippen LogP contribution in [0.15, 0.2) is 18.5 Å². The Morgan fingerprint density at radius 2 is 2.29 bits per heavy atom. The molecule has 1 aromatic heterocycles. The van der Waals surface area contributed by atoms with Crippen LogP contribution >= 0.6 is 11.6 Å². The summed E-state index contributed by atoms with van der Waals surface area (Å²) in [4.78, 5) is 3.95. The van der Waals surface area contributed by atoms with Gasteiger partial charge in [0.1, 0.15) is 0 Å². The normalized spacial score (nSPS) is 15.1. The van der Waals surface area contributed by atoms with Crippen molar-refractivity contribution >= 4 is 11.6 Å². The van der Waals surface area contributed by atoms with Gasteiger partial charge in [-0.15, -0.1) is 0 Å². The van der Waals surface area contributed by atoms with E-state index in [9.17, 15) is 0 Å². The molecule has 14 heavy (non-hydrogen) atoms. The maximum Gasteiger partial charge on any atom is 0.0621 e. The number of hydrogen-bond donors (Lipinski definition) is 1. The van der Waals surface area contributed by atoms with Crippen molar-refractivity contribution in [3.8, 4) is 0 Å². The first-order chi connectivity index (χ1) is 6.65. The fraction of sp³-hybridized carbons (Fsp3) is 0.545. The van der Waals surface area contributed by atoms with E-state index >= 15 is 0 Å². The Balaban J connectivity index is 2.64. The molecule has 0 saturated heterocycles. The Morgan fingerprint density at radius 1 is 1.57 bits per heavy atom. The van der Waals surface area contributed by atoms with Crippen molar-refractivity contribution in [2.75, 3.05) is 0 Å². The van der Waals surface area contributed by atoms with Crippen molar-refractivity contribution in [1.82, 2.24) is 4.98 Å². The molecule has 2 unspecified atom stereocenters. The smallest absolute Gasteiger partial charge is 0.0621 e. The molecule has 0 aliphatic rings. The lowest BCUT2D eigenvalue weighted by atomic mass is 9.93. The summed E-state index contributed by atoms with van der Waals surface area (Å²) >= 11 is 6.01. The van der Waals surface area contributed by atoms with E-state index < -0.39 is 0 Å². The zero-order valence-corrected chi connectivity index (χ0v) is 9.46. The number of aromatic nitrogens is 1. The van der Waals surface area contributed by atoms with Gasteiger partial charge in [0.15, 0.2) is 0 Å². The average Bonchev–Trinajstić information content (AvgIpc) is 2.20. The van der Waals surface area contributed by atoms with Crippen LogP contribution in [0.3, 0.4) is 0 Å². The first-order valence-corrected chi connectivity index (χ1v) is 5.37. The van der Waals surface area contributed by atoms with Crippen LogP contribution in [0.5, 0.6) is 0 Å². The Kier molecular flexibility index (Phi) is 4.36. The van der Waals surface area contributed by atoms with Gasteiger partial charge >= 0.3 is 0 Å². The fourth-order valence-corrected chi connectivity index (χ4v) is 1.67. The SMILES string of the molecule is CCC(N)C(C)Cc1ccncc1Cl. The summed E-state index contributed by atoms with van der Waals surface area (Å²) in [6.07, 6.45) is 5.38. The van der Waals surface area contributed by atoms with Gasteiger partial charge in [-0.2, -0.15) is 0 Å². The third kappa shape index (κ3) is 2.96. The summed E-state index contributed by atoms with van der Waals surface area (Å²) in [7, 11) is 0. The van der Waals surface area contributed by atoms with Crippen molar-refractivity contribution < 1.29 is 0 Å². The van der Waals surface area contributed by atoms with E-state index in [2.05, 4.69) is 18.8 Å². The summed E-state index contributed by atoms with van der Waals surface area (Å²) in [6, 6.07) is 2.21. The molecule has 0 spiro atoms. The van der Waals surface area contributed by atoms with Gasteiger partial charge in [-0.3, -0.25) is 4.98 Å². The average molecular weight is 213 g/mol. The summed E-state index contributed by atoms with van der Waals surface area (Å²) in [6.45, 7) is 4.26. The van der Waals surface area contributed by atoms with Gasteiger partial charge in [-0.1, -0.05) is 25.4 Å². The van der Waals surface area contributed by atoms with Gasteiger partial charge in [0.2, 0.25) is 0 Å². The molecule has 0 aromatic carbocycles. The highest BCUT2D eigenvalue weighted by molar-refractivity contribution is 6.31. The highest BCUT2D eigenvalue weighted by atomic mass is 35.5. The second-order valence-electron chi connectivity index (χ2n) is 3.72. The fourth-order valence-electron chi connectivity index (χ4n) is 1.47. The summed E-state index contributed by atoms with van der Waals surface area (Å²) in [5, 5.41) is 0.739. The van der Waals surface area contributed by atoms with Crippen LogP contribution in [-0.4, -0.2) is 11.0 Å². The van der Waals surface area contributed by atoms with E-state index in [1.54, 1.807) is 12.4 Å². The van der Waals surface area contributed by atoms with E-state index in [0.717, 1.165) is 23.4 Å². The van der Waals surface area contributed by atoms with E-state index in [1.165, 1.54) is 0 Å². The predicted octanol–water partition coefficient (Wildman–Crippen LogP) is 2.65. The molecule has 1 rings (SSSR count). The maximum absolute atomic E-state index is 6.01. The lowest BCUT2D eigenvalue weighted by Crippen LogP contribution is -2.28. The number of halogens is 1. The highest BCUT2D eigenvalue weighted by Crippen LogP contribution is 2.19. The molecule has 1 heterocycles. The van der Waals surface area contributed by atoms with Crippen LogP contribution < -0.4 is 5.73 Å². The van der Waals surface area contributed by atoms with E-state index in [0.29, 0.717) is 5.92 Å². The zero-order valence-electron chi connectivity index (χ0n) is 8.70. The van der Waals surface area contributed by atoms with Crippen molar-refractivity contribution in [2.45, 2.75) is 32.7 Å². The Hall–Kier alpha value is -0.600. The monoisotopic (exact) mass is 212 g/mol. The largest absolute Gasteiger partial charge is 0.327 e.